The molecule has 0 aliphatic rings. The molecule has 0 atom stereocenters. The maximum Gasteiger partial charge on any atom is 0.119 e. The van der Waals surface area contributed by atoms with Gasteiger partial charge in [-0.2, -0.15) is 0 Å². The quantitative estimate of drug-likeness (QED) is 0.459. The summed E-state index contributed by atoms with van der Waals surface area (Å²) in [5.41, 5.74) is 2.06. The molecule has 0 saturated carbocycles. The molecule has 1 N–H and O–H groups in total. The fourth-order valence-electron chi connectivity index (χ4n) is 2.43. The summed E-state index contributed by atoms with van der Waals surface area (Å²) >= 11 is 12.1. The highest BCUT2D eigenvalue weighted by Crippen LogP contribution is 2.26. The minimum absolute atomic E-state index is 0.630. The maximum absolute atomic E-state index is 6.16. The SMILES string of the molecule is CCCCCCCOc1ccc(CNc2ccc(Cl)cc2Cl)cc1. The van der Waals surface area contributed by atoms with Crippen molar-refractivity contribution < 1.29 is 4.74 Å². The fourth-order valence-corrected chi connectivity index (χ4v) is 2.90. The van der Waals surface area contributed by atoms with Gasteiger partial charge in [-0.3, -0.25) is 0 Å². The molecule has 2 aromatic carbocycles. The number of hydrogen-bond acceptors (Lipinski definition) is 2. The van der Waals surface area contributed by atoms with E-state index in [-0.39, 0.29) is 0 Å². The summed E-state index contributed by atoms with van der Waals surface area (Å²) in [7, 11) is 0. The third-order valence-electron chi connectivity index (χ3n) is 3.85. The summed E-state index contributed by atoms with van der Waals surface area (Å²) in [6, 6.07) is 13.6. The minimum Gasteiger partial charge on any atom is -0.494 e. The van der Waals surface area contributed by atoms with E-state index in [0.29, 0.717) is 16.6 Å². The molecule has 2 rings (SSSR count). The molecular formula is C20H25Cl2NO. The van der Waals surface area contributed by atoms with E-state index in [2.05, 4.69) is 24.4 Å². The zero-order valence-corrected chi connectivity index (χ0v) is 15.7. The van der Waals surface area contributed by atoms with E-state index in [1.165, 1.54) is 31.2 Å². The number of unbranched alkanes of at least 4 members (excludes halogenated alkanes) is 4. The molecule has 0 spiro atoms. The first-order valence-electron chi connectivity index (χ1n) is 8.59. The van der Waals surface area contributed by atoms with E-state index in [0.717, 1.165) is 24.5 Å². The van der Waals surface area contributed by atoms with Crippen molar-refractivity contribution in [3.05, 3.63) is 58.1 Å². The van der Waals surface area contributed by atoms with Gasteiger partial charge in [0.1, 0.15) is 5.75 Å². The summed E-state index contributed by atoms with van der Waals surface area (Å²) in [5.74, 6) is 0.929. The molecule has 2 nitrogen and oxygen atoms in total. The first-order valence-corrected chi connectivity index (χ1v) is 9.35. The van der Waals surface area contributed by atoms with Crippen LogP contribution in [0.5, 0.6) is 5.75 Å². The minimum atomic E-state index is 0.630. The van der Waals surface area contributed by atoms with Gasteiger partial charge in [0.05, 0.1) is 17.3 Å². The van der Waals surface area contributed by atoms with Gasteiger partial charge in [0, 0.05) is 11.6 Å². The van der Waals surface area contributed by atoms with Crippen LogP contribution in [0.1, 0.15) is 44.6 Å². The molecule has 0 aliphatic carbocycles. The van der Waals surface area contributed by atoms with Crippen LogP contribution in [-0.4, -0.2) is 6.61 Å². The molecule has 2 aromatic rings. The Morgan fingerprint density at radius 3 is 2.38 bits per heavy atom. The average Bonchev–Trinajstić information content (AvgIpc) is 2.58. The molecule has 0 fully saturated rings. The summed E-state index contributed by atoms with van der Waals surface area (Å²) in [4.78, 5) is 0. The van der Waals surface area contributed by atoms with Gasteiger partial charge in [-0.1, -0.05) is 67.9 Å². The molecule has 0 unspecified atom stereocenters. The number of ether oxygens (including phenoxy) is 1. The number of rotatable bonds is 10. The number of benzene rings is 2. The van der Waals surface area contributed by atoms with Crippen LogP contribution in [0.4, 0.5) is 5.69 Å². The van der Waals surface area contributed by atoms with Crippen molar-refractivity contribution >= 4 is 28.9 Å². The lowest BCUT2D eigenvalue weighted by molar-refractivity contribution is 0.304. The molecule has 0 radical (unpaired) electrons. The van der Waals surface area contributed by atoms with E-state index in [1.54, 1.807) is 6.07 Å². The van der Waals surface area contributed by atoms with Crippen LogP contribution in [-0.2, 0) is 6.54 Å². The summed E-state index contributed by atoms with van der Waals surface area (Å²) < 4.78 is 5.78. The van der Waals surface area contributed by atoms with Gasteiger partial charge in [-0.15, -0.1) is 0 Å². The average molecular weight is 366 g/mol. The van der Waals surface area contributed by atoms with E-state index in [4.69, 9.17) is 27.9 Å². The van der Waals surface area contributed by atoms with E-state index >= 15 is 0 Å². The molecule has 0 aromatic heterocycles. The first-order chi connectivity index (χ1) is 11.7. The second kappa shape index (κ2) is 10.5. The Balaban J connectivity index is 1.73. The van der Waals surface area contributed by atoms with Gasteiger partial charge in [-0.25, -0.2) is 0 Å². The molecular weight excluding hydrogens is 341 g/mol. The summed E-state index contributed by atoms with van der Waals surface area (Å²) in [6.07, 6.45) is 6.27. The molecule has 0 aliphatic heterocycles. The lowest BCUT2D eigenvalue weighted by atomic mass is 10.2. The highest BCUT2D eigenvalue weighted by Gasteiger charge is 2.01. The highest BCUT2D eigenvalue weighted by atomic mass is 35.5. The van der Waals surface area contributed by atoms with Crippen molar-refractivity contribution in [2.45, 2.75) is 45.6 Å². The number of halogens is 2. The molecule has 0 saturated heterocycles. The van der Waals surface area contributed by atoms with Gasteiger partial charge in [0.15, 0.2) is 0 Å². The second-order valence-electron chi connectivity index (χ2n) is 5.88. The Hall–Kier alpha value is -1.38. The predicted octanol–water partition coefficient (Wildman–Crippen LogP) is 6.95. The van der Waals surface area contributed by atoms with Crippen molar-refractivity contribution in [2.24, 2.45) is 0 Å². The van der Waals surface area contributed by atoms with Crippen LogP contribution in [0.2, 0.25) is 10.0 Å². The van der Waals surface area contributed by atoms with E-state index < -0.39 is 0 Å². The number of anilines is 1. The molecule has 0 heterocycles. The lowest BCUT2D eigenvalue weighted by Gasteiger charge is -2.10. The Labute approximate surface area is 155 Å². The Morgan fingerprint density at radius 2 is 1.67 bits per heavy atom. The molecule has 4 heteroatoms. The number of hydrogen-bond donors (Lipinski definition) is 1. The van der Waals surface area contributed by atoms with Crippen molar-refractivity contribution in [1.82, 2.24) is 0 Å². The second-order valence-corrected chi connectivity index (χ2v) is 6.73. The monoisotopic (exact) mass is 365 g/mol. The molecule has 24 heavy (non-hydrogen) atoms. The normalized spacial score (nSPS) is 10.6. The molecule has 0 amide bonds. The summed E-state index contributed by atoms with van der Waals surface area (Å²) in [6.45, 7) is 3.73. The Morgan fingerprint density at radius 1 is 0.917 bits per heavy atom. The van der Waals surface area contributed by atoms with Crippen molar-refractivity contribution in [3.8, 4) is 5.75 Å². The third-order valence-corrected chi connectivity index (χ3v) is 4.40. The smallest absolute Gasteiger partial charge is 0.119 e. The predicted molar refractivity (Wildman–Crippen MR) is 104 cm³/mol. The third kappa shape index (κ3) is 6.62. The van der Waals surface area contributed by atoms with Crippen LogP contribution >= 0.6 is 23.2 Å². The fraction of sp³-hybridized carbons (Fsp3) is 0.400. The largest absolute Gasteiger partial charge is 0.494 e. The van der Waals surface area contributed by atoms with E-state index in [9.17, 15) is 0 Å². The maximum atomic E-state index is 6.16. The van der Waals surface area contributed by atoms with Crippen molar-refractivity contribution in [2.75, 3.05) is 11.9 Å². The first kappa shape index (κ1) is 19.0. The molecule has 0 bridgehead atoms. The Bertz CT molecular complexity index is 614. The zero-order chi connectivity index (χ0) is 17.2. The van der Waals surface area contributed by atoms with Gasteiger partial charge in [0.25, 0.3) is 0 Å². The number of nitrogens with one attached hydrogen (secondary N) is 1. The van der Waals surface area contributed by atoms with Gasteiger partial charge in [-0.05, 0) is 42.3 Å². The van der Waals surface area contributed by atoms with E-state index in [1.807, 2.05) is 24.3 Å². The zero-order valence-electron chi connectivity index (χ0n) is 14.2. The van der Waals surface area contributed by atoms with Crippen molar-refractivity contribution in [1.29, 1.82) is 0 Å². The van der Waals surface area contributed by atoms with Crippen LogP contribution in [0.25, 0.3) is 0 Å². The van der Waals surface area contributed by atoms with Crippen LogP contribution < -0.4 is 10.1 Å². The van der Waals surface area contributed by atoms with Crippen molar-refractivity contribution in [3.63, 3.8) is 0 Å². The molecule has 130 valence electrons. The highest BCUT2D eigenvalue weighted by molar-refractivity contribution is 6.36. The summed E-state index contributed by atoms with van der Waals surface area (Å²) in [5, 5.41) is 4.59. The topological polar surface area (TPSA) is 21.3 Å². The van der Waals surface area contributed by atoms with Crippen LogP contribution in [0, 0.1) is 0 Å². The van der Waals surface area contributed by atoms with Gasteiger partial charge < -0.3 is 10.1 Å². The van der Waals surface area contributed by atoms with Crippen LogP contribution in [0.3, 0.4) is 0 Å². The lowest BCUT2D eigenvalue weighted by Crippen LogP contribution is -2.01. The Kier molecular flexibility index (Phi) is 8.27. The van der Waals surface area contributed by atoms with Crippen LogP contribution in [0.15, 0.2) is 42.5 Å². The standard InChI is InChI=1S/C20H25Cl2NO/c1-2-3-4-5-6-13-24-18-10-7-16(8-11-18)15-23-20-12-9-17(21)14-19(20)22/h7-12,14,23H,2-6,13,15H2,1H3. The van der Waals surface area contributed by atoms with Gasteiger partial charge >= 0.3 is 0 Å². The van der Waals surface area contributed by atoms with Gasteiger partial charge in [0.2, 0.25) is 0 Å².